The Morgan fingerprint density at radius 3 is 2.57 bits per heavy atom. The highest BCUT2D eigenvalue weighted by Gasteiger charge is 2.34. The monoisotopic (exact) mass is 340 g/mol. The number of benzene rings is 2. The first-order chi connectivity index (χ1) is 10.1. The number of carbonyl (C=O) groups excluding carboxylic acids is 2. The van der Waals surface area contributed by atoms with E-state index in [9.17, 15) is 9.59 Å². The van der Waals surface area contributed by atoms with E-state index in [0.717, 1.165) is 38.7 Å². The van der Waals surface area contributed by atoms with Gasteiger partial charge in [-0.2, -0.15) is 0 Å². The fourth-order valence-corrected chi connectivity index (χ4v) is 3.85. The Labute approximate surface area is 131 Å². The normalized spacial score (nSPS) is 19.8. The number of hydrogen-bond acceptors (Lipinski definition) is 2. The molecule has 4 rings (SSSR count). The van der Waals surface area contributed by atoms with E-state index >= 15 is 0 Å². The predicted octanol–water partition coefficient (Wildman–Crippen LogP) is 4.10. The molecule has 0 N–H and O–H groups in total. The lowest BCUT2D eigenvalue weighted by Gasteiger charge is -2.08. The fraction of sp³-hybridized carbons (Fsp3) is 0.222. The number of aryl methyl sites for hydroxylation is 1. The molecular formula is C18H13BrO2. The van der Waals surface area contributed by atoms with Crippen LogP contribution in [0, 0.1) is 0 Å². The van der Waals surface area contributed by atoms with E-state index in [-0.39, 0.29) is 17.5 Å². The largest absolute Gasteiger partial charge is 0.294 e. The number of halogens is 1. The van der Waals surface area contributed by atoms with E-state index in [1.54, 1.807) is 0 Å². The Morgan fingerprint density at radius 1 is 0.952 bits per heavy atom. The molecule has 0 radical (unpaired) electrons. The molecule has 0 saturated carbocycles. The highest BCUT2D eigenvalue weighted by molar-refractivity contribution is 9.10. The van der Waals surface area contributed by atoms with Gasteiger partial charge in [-0.3, -0.25) is 9.59 Å². The first-order valence-electron chi connectivity index (χ1n) is 7.12. The van der Waals surface area contributed by atoms with Crippen molar-refractivity contribution in [3.05, 3.63) is 68.7 Å². The lowest BCUT2D eigenvalue weighted by Crippen LogP contribution is -2.06. The third kappa shape index (κ3) is 1.99. The SMILES string of the molecule is O=C1CCc2cc3c(cc21)CC(c1cccc(Br)c1)C3=O. The van der Waals surface area contributed by atoms with Crippen LogP contribution in [-0.4, -0.2) is 11.6 Å². The smallest absolute Gasteiger partial charge is 0.170 e. The van der Waals surface area contributed by atoms with Crippen LogP contribution in [0.1, 0.15) is 49.7 Å². The van der Waals surface area contributed by atoms with Crippen LogP contribution in [0.3, 0.4) is 0 Å². The van der Waals surface area contributed by atoms with Gasteiger partial charge in [-0.15, -0.1) is 0 Å². The van der Waals surface area contributed by atoms with Crippen molar-refractivity contribution in [3.8, 4) is 0 Å². The van der Waals surface area contributed by atoms with Gasteiger partial charge < -0.3 is 0 Å². The molecule has 21 heavy (non-hydrogen) atoms. The van der Waals surface area contributed by atoms with Gasteiger partial charge in [0, 0.05) is 22.0 Å². The predicted molar refractivity (Wildman–Crippen MR) is 84.0 cm³/mol. The van der Waals surface area contributed by atoms with E-state index in [0.29, 0.717) is 12.8 Å². The molecule has 0 heterocycles. The number of ketones is 2. The summed E-state index contributed by atoms with van der Waals surface area (Å²) in [7, 11) is 0. The molecule has 2 aromatic carbocycles. The van der Waals surface area contributed by atoms with Crippen LogP contribution in [-0.2, 0) is 12.8 Å². The summed E-state index contributed by atoms with van der Waals surface area (Å²) < 4.78 is 0.987. The minimum atomic E-state index is -0.116. The second-order valence-corrected chi connectivity index (χ2v) is 6.68. The van der Waals surface area contributed by atoms with Gasteiger partial charge >= 0.3 is 0 Å². The Balaban J connectivity index is 1.77. The van der Waals surface area contributed by atoms with Crippen LogP contribution < -0.4 is 0 Å². The highest BCUT2D eigenvalue weighted by atomic mass is 79.9. The molecule has 1 atom stereocenters. The molecule has 2 aliphatic rings. The molecule has 0 fully saturated rings. The summed E-state index contributed by atoms with van der Waals surface area (Å²) in [5.41, 5.74) is 4.75. The Morgan fingerprint density at radius 2 is 1.76 bits per heavy atom. The van der Waals surface area contributed by atoms with Crippen molar-refractivity contribution in [1.82, 2.24) is 0 Å². The first kappa shape index (κ1) is 13.0. The van der Waals surface area contributed by atoms with Gasteiger partial charge in [-0.05, 0) is 53.8 Å². The topological polar surface area (TPSA) is 34.1 Å². The molecule has 0 aliphatic heterocycles. The van der Waals surface area contributed by atoms with Crippen LogP contribution >= 0.6 is 15.9 Å². The third-order valence-electron chi connectivity index (χ3n) is 4.51. The van der Waals surface area contributed by atoms with Gasteiger partial charge in [0.25, 0.3) is 0 Å². The highest BCUT2D eigenvalue weighted by Crippen LogP contribution is 2.37. The van der Waals surface area contributed by atoms with Gasteiger partial charge in [-0.1, -0.05) is 28.1 Å². The molecular weight excluding hydrogens is 328 g/mol. The maximum atomic E-state index is 12.7. The van der Waals surface area contributed by atoms with Crippen LogP contribution in [0.2, 0.25) is 0 Å². The Hall–Kier alpha value is -1.74. The Bertz CT molecular complexity index is 792. The van der Waals surface area contributed by atoms with E-state index in [4.69, 9.17) is 0 Å². The minimum absolute atomic E-state index is 0.116. The molecule has 1 unspecified atom stereocenters. The number of hydrogen-bond donors (Lipinski definition) is 0. The average Bonchev–Trinajstić information content (AvgIpc) is 2.99. The van der Waals surface area contributed by atoms with Gasteiger partial charge in [0.2, 0.25) is 0 Å². The number of Topliss-reactive ketones (excluding diaryl/α,β-unsaturated/α-hetero) is 2. The lowest BCUT2D eigenvalue weighted by atomic mass is 9.95. The zero-order valence-electron chi connectivity index (χ0n) is 11.4. The molecule has 0 bridgehead atoms. The van der Waals surface area contributed by atoms with Crippen molar-refractivity contribution in [1.29, 1.82) is 0 Å². The summed E-state index contributed by atoms with van der Waals surface area (Å²) in [6.45, 7) is 0. The third-order valence-corrected chi connectivity index (χ3v) is 5.00. The van der Waals surface area contributed by atoms with Crippen molar-refractivity contribution in [3.63, 3.8) is 0 Å². The van der Waals surface area contributed by atoms with Crippen molar-refractivity contribution in [2.45, 2.75) is 25.2 Å². The number of carbonyl (C=O) groups is 2. The summed E-state index contributed by atoms with van der Waals surface area (Å²) >= 11 is 3.46. The lowest BCUT2D eigenvalue weighted by molar-refractivity contribution is 0.0970. The second-order valence-electron chi connectivity index (χ2n) is 5.77. The van der Waals surface area contributed by atoms with E-state index < -0.39 is 0 Å². The maximum absolute atomic E-state index is 12.7. The summed E-state index contributed by atoms with van der Waals surface area (Å²) in [6.07, 6.45) is 2.06. The summed E-state index contributed by atoms with van der Waals surface area (Å²) in [5, 5.41) is 0. The Kier molecular flexibility index (Phi) is 2.86. The second kappa shape index (κ2) is 4.63. The van der Waals surface area contributed by atoms with Crippen molar-refractivity contribution >= 4 is 27.5 Å². The van der Waals surface area contributed by atoms with Gasteiger partial charge in [-0.25, -0.2) is 0 Å². The van der Waals surface area contributed by atoms with Crippen LogP contribution in [0.5, 0.6) is 0 Å². The van der Waals surface area contributed by atoms with E-state index in [1.165, 1.54) is 0 Å². The van der Waals surface area contributed by atoms with Gasteiger partial charge in [0.15, 0.2) is 11.6 Å². The molecule has 0 saturated heterocycles. The minimum Gasteiger partial charge on any atom is -0.294 e. The molecule has 2 aromatic rings. The zero-order chi connectivity index (χ0) is 14.6. The van der Waals surface area contributed by atoms with Gasteiger partial charge in [0.05, 0.1) is 5.92 Å². The van der Waals surface area contributed by atoms with Crippen LogP contribution in [0.4, 0.5) is 0 Å². The van der Waals surface area contributed by atoms with Crippen LogP contribution in [0.15, 0.2) is 40.9 Å². The van der Waals surface area contributed by atoms with Crippen molar-refractivity contribution in [2.24, 2.45) is 0 Å². The molecule has 0 aromatic heterocycles. The quantitative estimate of drug-likeness (QED) is 0.783. The number of rotatable bonds is 1. The van der Waals surface area contributed by atoms with Crippen LogP contribution in [0.25, 0.3) is 0 Å². The zero-order valence-corrected chi connectivity index (χ0v) is 12.9. The molecule has 104 valence electrons. The number of fused-ring (bicyclic) bond motifs is 2. The summed E-state index contributed by atoms with van der Waals surface area (Å²) in [6, 6.07) is 11.8. The summed E-state index contributed by atoms with van der Waals surface area (Å²) in [5.74, 6) is 0.284. The standard InChI is InChI=1S/C18H13BrO2/c19-13-3-1-2-10(6-13)15-9-12-8-14-11(4-5-17(14)20)7-16(12)18(15)21/h1-3,6-8,15H,4-5,9H2. The summed E-state index contributed by atoms with van der Waals surface area (Å²) in [4.78, 5) is 24.5. The molecule has 0 amide bonds. The molecule has 3 heteroatoms. The van der Waals surface area contributed by atoms with E-state index in [1.807, 2.05) is 36.4 Å². The molecule has 2 aliphatic carbocycles. The molecule has 2 nitrogen and oxygen atoms in total. The maximum Gasteiger partial charge on any atom is 0.170 e. The fourth-order valence-electron chi connectivity index (χ4n) is 3.43. The average molecular weight is 341 g/mol. The van der Waals surface area contributed by atoms with Crippen molar-refractivity contribution in [2.75, 3.05) is 0 Å². The van der Waals surface area contributed by atoms with Crippen molar-refractivity contribution < 1.29 is 9.59 Å². The first-order valence-corrected chi connectivity index (χ1v) is 7.91. The van der Waals surface area contributed by atoms with Gasteiger partial charge in [0.1, 0.15) is 0 Å². The van der Waals surface area contributed by atoms with E-state index in [2.05, 4.69) is 15.9 Å². The molecule has 0 spiro atoms.